The second-order valence-electron chi connectivity index (χ2n) is 4.73. The van der Waals surface area contributed by atoms with Crippen molar-refractivity contribution in [2.45, 2.75) is 19.4 Å². The number of pyridine rings is 1. The summed E-state index contributed by atoms with van der Waals surface area (Å²) in [7, 11) is 0. The SMILES string of the molecule is Brc1cnc2c(ccn2CC2CCNCC2)c1. The van der Waals surface area contributed by atoms with Crippen LogP contribution < -0.4 is 5.32 Å². The molecule has 1 saturated heterocycles. The quantitative estimate of drug-likeness (QED) is 0.923. The van der Waals surface area contributed by atoms with Gasteiger partial charge in [-0.15, -0.1) is 0 Å². The number of rotatable bonds is 2. The molecule has 1 aliphatic rings. The molecule has 0 amide bonds. The van der Waals surface area contributed by atoms with Gasteiger partial charge in [-0.25, -0.2) is 4.98 Å². The van der Waals surface area contributed by atoms with Gasteiger partial charge in [0.15, 0.2) is 0 Å². The summed E-state index contributed by atoms with van der Waals surface area (Å²) in [5, 5.41) is 4.62. The summed E-state index contributed by atoms with van der Waals surface area (Å²) in [5.74, 6) is 0.789. The van der Waals surface area contributed by atoms with Crippen molar-refractivity contribution in [3.63, 3.8) is 0 Å². The van der Waals surface area contributed by atoms with Gasteiger partial charge in [-0.05, 0) is 59.9 Å². The molecule has 2 aromatic rings. The highest BCUT2D eigenvalue weighted by Gasteiger charge is 2.14. The summed E-state index contributed by atoms with van der Waals surface area (Å²) >= 11 is 3.46. The fraction of sp³-hybridized carbons (Fsp3) is 0.462. The summed E-state index contributed by atoms with van der Waals surface area (Å²) in [6.45, 7) is 3.41. The molecule has 0 radical (unpaired) electrons. The van der Waals surface area contributed by atoms with Gasteiger partial charge in [0.25, 0.3) is 0 Å². The number of halogens is 1. The molecule has 0 saturated carbocycles. The van der Waals surface area contributed by atoms with Crippen LogP contribution in [0.1, 0.15) is 12.8 Å². The van der Waals surface area contributed by atoms with Gasteiger partial charge in [-0.1, -0.05) is 0 Å². The Kier molecular flexibility index (Phi) is 3.16. The van der Waals surface area contributed by atoms with E-state index in [2.05, 4.69) is 49.1 Å². The lowest BCUT2D eigenvalue weighted by Gasteiger charge is -2.23. The van der Waals surface area contributed by atoms with Gasteiger partial charge in [0.2, 0.25) is 0 Å². The largest absolute Gasteiger partial charge is 0.332 e. The first-order valence-corrected chi connectivity index (χ1v) is 6.93. The monoisotopic (exact) mass is 293 g/mol. The normalized spacial score (nSPS) is 17.7. The molecule has 17 heavy (non-hydrogen) atoms. The van der Waals surface area contributed by atoms with Crippen molar-refractivity contribution in [2.24, 2.45) is 5.92 Å². The first-order valence-electron chi connectivity index (χ1n) is 6.14. The number of hydrogen-bond acceptors (Lipinski definition) is 2. The van der Waals surface area contributed by atoms with Gasteiger partial charge >= 0.3 is 0 Å². The van der Waals surface area contributed by atoms with Crippen LogP contribution >= 0.6 is 15.9 Å². The van der Waals surface area contributed by atoms with Crippen LogP contribution in [0.5, 0.6) is 0 Å². The Bertz CT molecular complexity index is 514. The molecular weight excluding hydrogens is 278 g/mol. The smallest absolute Gasteiger partial charge is 0.139 e. The number of nitrogens with one attached hydrogen (secondary N) is 1. The van der Waals surface area contributed by atoms with Crippen molar-refractivity contribution in [1.82, 2.24) is 14.9 Å². The van der Waals surface area contributed by atoms with Crippen LogP contribution in [0.2, 0.25) is 0 Å². The van der Waals surface area contributed by atoms with Crippen molar-refractivity contribution in [2.75, 3.05) is 13.1 Å². The van der Waals surface area contributed by atoms with Crippen LogP contribution in [-0.4, -0.2) is 22.6 Å². The molecule has 1 fully saturated rings. The molecule has 0 aliphatic carbocycles. The highest BCUT2D eigenvalue weighted by molar-refractivity contribution is 9.10. The molecule has 0 aromatic carbocycles. The second-order valence-corrected chi connectivity index (χ2v) is 5.64. The van der Waals surface area contributed by atoms with Crippen molar-refractivity contribution in [3.8, 4) is 0 Å². The van der Waals surface area contributed by atoms with Crippen LogP contribution in [0, 0.1) is 5.92 Å². The third-order valence-corrected chi connectivity index (χ3v) is 3.92. The number of fused-ring (bicyclic) bond motifs is 1. The van der Waals surface area contributed by atoms with E-state index in [0.717, 1.165) is 35.7 Å². The Labute approximate surface area is 109 Å². The third kappa shape index (κ3) is 2.38. The minimum Gasteiger partial charge on any atom is -0.332 e. The third-order valence-electron chi connectivity index (χ3n) is 3.48. The summed E-state index contributed by atoms with van der Waals surface area (Å²) < 4.78 is 3.34. The lowest BCUT2D eigenvalue weighted by Crippen LogP contribution is -2.29. The molecule has 2 aromatic heterocycles. The fourth-order valence-corrected chi connectivity index (χ4v) is 2.89. The van der Waals surface area contributed by atoms with E-state index >= 15 is 0 Å². The Hall–Kier alpha value is -0.870. The second kappa shape index (κ2) is 4.78. The number of piperidine rings is 1. The van der Waals surface area contributed by atoms with Crippen molar-refractivity contribution < 1.29 is 0 Å². The number of hydrogen-bond donors (Lipinski definition) is 1. The zero-order chi connectivity index (χ0) is 11.7. The maximum absolute atomic E-state index is 4.51. The van der Waals surface area contributed by atoms with Crippen molar-refractivity contribution >= 4 is 27.0 Å². The van der Waals surface area contributed by atoms with Crippen molar-refractivity contribution in [3.05, 3.63) is 29.0 Å². The predicted octanol–water partition coefficient (Wildman–Crippen LogP) is 2.80. The molecule has 4 heteroatoms. The number of aromatic nitrogens is 2. The van der Waals surface area contributed by atoms with E-state index in [1.165, 1.54) is 18.2 Å². The first kappa shape index (κ1) is 11.2. The molecule has 0 atom stereocenters. The van der Waals surface area contributed by atoms with E-state index in [4.69, 9.17) is 0 Å². The van der Waals surface area contributed by atoms with Gasteiger partial charge in [0.05, 0.1) is 0 Å². The van der Waals surface area contributed by atoms with Crippen molar-refractivity contribution in [1.29, 1.82) is 0 Å². The predicted molar refractivity (Wildman–Crippen MR) is 73.0 cm³/mol. The molecule has 3 heterocycles. The van der Waals surface area contributed by atoms with Gasteiger partial charge in [0.1, 0.15) is 5.65 Å². The standard InChI is InChI=1S/C13H16BrN3/c14-12-7-11-3-6-17(13(11)16-8-12)9-10-1-4-15-5-2-10/h3,6-8,10,15H,1-2,4-5,9H2. The number of nitrogens with zero attached hydrogens (tertiary/aromatic N) is 2. The molecular formula is C13H16BrN3. The minimum atomic E-state index is 0.789. The average molecular weight is 294 g/mol. The zero-order valence-corrected chi connectivity index (χ0v) is 11.3. The molecule has 1 N–H and O–H groups in total. The molecule has 0 unspecified atom stereocenters. The molecule has 0 bridgehead atoms. The van der Waals surface area contributed by atoms with Gasteiger partial charge in [-0.2, -0.15) is 0 Å². The Morgan fingerprint density at radius 2 is 2.24 bits per heavy atom. The maximum atomic E-state index is 4.51. The summed E-state index contributed by atoms with van der Waals surface area (Å²) in [5.41, 5.74) is 1.10. The van der Waals surface area contributed by atoms with Gasteiger partial charge in [-0.3, -0.25) is 0 Å². The van der Waals surface area contributed by atoms with Gasteiger partial charge in [0, 0.05) is 28.8 Å². The molecule has 90 valence electrons. The zero-order valence-electron chi connectivity index (χ0n) is 9.69. The lowest BCUT2D eigenvalue weighted by molar-refractivity contribution is 0.336. The Balaban J connectivity index is 1.84. The maximum Gasteiger partial charge on any atom is 0.139 e. The summed E-state index contributed by atoms with van der Waals surface area (Å²) in [6, 6.07) is 4.27. The van der Waals surface area contributed by atoms with Gasteiger partial charge < -0.3 is 9.88 Å². The van der Waals surface area contributed by atoms with E-state index in [1.54, 1.807) is 0 Å². The van der Waals surface area contributed by atoms with E-state index in [0.29, 0.717) is 0 Å². The van der Waals surface area contributed by atoms with Crippen LogP contribution in [0.15, 0.2) is 29.0 Å². The molecule has 0 spiro atoms. The highest BCUT2D eigenvalue weighted by atomic mass is 79.9. The molecule has 3 nitrogen and oxygen atoms in total. The summed E-state index contributed by atoms with van der Waals surface area (Å²) in [6.07, 6.45) is 6.58. The Morgan fingerprint density at radius 1 is 1.41 bits per heavy atom. The first-order chi connectivity index (χ1) is 8.33. The van der Waals surface area contributed by atoms with E-state index in [1.807, 2.05) is 6.20 Å². The van der Waals surface area contributed by atoms with Crippen LogP contribution in [-0.2, 0) is 6.54 Å². The summed E-state index contributed by atoms with van der Waals surface area (Å²) in [4.78, 5) is 4.51. The minimum absolute atomic E-state index is 0.789. The average Bonchev–Trinajstić information content (AvgIpc) is 2.73. The van der Waals surface area contributed by atoms with E-state index in [-0.39, 0.29) is 0 Å². The fourth-order valence-electron chi connectivity index (χ4n) is 2.54. The lowest BCUT2D eigenvalue weighted by atomic mass is 9.98. The van der Waals surface area contributed by atoms with Crippen LogP contribution in [0.3, 0.4) is 0 Å². The van der Waals surface area contributed by atoms with Crippen LogP contribution in [0.4, 0.5) is 0 Å². The Morgan fingerprint density at radius 3 is 3.06 bits per heavy atom. The highest BCUT2D eigenvalue weighted by Crippen LogP contribution is 2.21. The van der Waals surface area contributed by atoms with E-state index in [9.17, 15) is 0 Å². The molecule has 3 rings (SSSR count). The van der Waals surface area contributed by atoms with Crippen LogP contribution in [0.25, 0.3) is 11.0 Å². The van der Waals surface area contributed by atoms with E-state index < -0.39 is 0 Å². The topological polar surface area (TPSA) is 29.9 Å². The molecule has 1 aliphatic heterocycles.